The van der Waals surface area contributed by atoms with E-state index in [1.54, 1.807) is 0 Å². The molecule has 101 heavy (non-hydrogen) atoms. The van der Waals surface area contributed by atoms with Crippen molar-refractivity contribution < 1.29 is 80.2 Å². The number of allylic oxidation sites excluding steroid dienone is 4. The number of hydrogen-bond acceptors (Lipinski definition) is 15. The second kappa shape index (κ2) is 71.8. The van der Waals surface area contributed by atoms with Gasteiger partial charge < -0.3 is 33.8 Å². The molecular formula is C82H156O17P2. The van der Waals surface area contributed by atoms with Crippen LogP contribution in [0.25, 0.3) is 0 Å². The van der Waals surface area contributed by atoms with Gasteiger partial charge >= 0.3 is 39.5 Å². The Morgan fingerprint density at radius 2 is 0.584 bits per heavy atom. The van der Waals surface area contributed by atoms with Gasteiger partial charge in [0.15, 0.2) is 12.2 Å². The van der Waals surface area contributed by atoms with E-state index in [0.29, 0.717) is 31.6 Å². The first kappa shape index (κ1) is 98.5. The normalized spacial score (nSPS) is 14.4. The molecule has 0 rings (SSSR count). The molecule has 17 nitrogen and oxygen atoms in total. The molecule has 0 heterocycles. The van der Waals surface area contributed by atoms with Crippen LogP contribution in [-0.2, 0) is 65.4 Å². The van der Waals surface area contributed by atoms with Gasteiger partial charge in [-0.25, -0.2) is 9.13 Å². The molecular weight excluding hydrogens is 1320 g/mol. The van der Waals surface area contributed by atoms with Gasteiger partial charge in [-0.2, -0.15) is 0 Å². The van der Waals surface area contributed by atoms with Crippen LogP contribution < -0.4 is 0 Å². The van der Waals surface area contributed by atoms with Crippen LogP contribution in [-0.4, -0.2) is 96.7 Å². The summed E-state index contributed by atoms with van der Waals surface area (Å²) in [6.07, 6.45) is 63.4. The maximum absolute atomic E-state index is 13.1. The van der Waals surface area contributed by atoms with Crippen molar-refractivity contribution in [3.05, 3.63) is 24.3 Å². The Kier molecular flexibility index (Phi) is 70.0. The van der Waals surface area contributed by atoms with Crippen LogP contribution in [0.1, 0.15) is 402 Å². The van der Waals surface area contributed by atoms with E-state index in [-0.39, 0.29) is 25.7 Å². The quantitative estimate of drug-likeness (QED) is 0.0169. The lowest BCUT2D eigenvalue weighted by Crippen LogP contribution is -2.30. The van der Waals surface area contributed by atoms with Crippen molar-refractivity contribution in [2.75, 3.05) is 39.6 Å². The van der Waals surface area contributed by atoms with Gasteiger partial charge in [0, 0.05) is 25.7 Å². The first-order chi connectivity index (χ1) is 48.8. The Bertz CT molecular complexity index is 2050. The fraction of sp³-hybridized carbons (Fsp3) is 0.902. The third-order valence-electron chi connectivity index (χ3n) is 18.9. The fourth-order valence-electron chi connectivity index (χ4n) is 12.1. The zero-order chi connectivity index (χ0) is 74.4. The van der Waals surface area contributed by atoms with Gasteiger partial charge in [-0.3, -0.25) is 37.3 Å². The number of phosphoric acid groups is 2. The molecule has 0 amide bonds. The highest BCUT2D eigenvalue weighted by atomic mass is 31.2. The number of unbranched alkanes of at least 4 members (excludes halogenated alkanes) is 42. The molecule has 0 radical (unpaired) electrons. The number of phosphoric ester groups is 2. The maximum atomic E-state index is 13.1. The van der Waals surface area contributed by atoms with Crippen LogP contribution in [0.3, 0.4) is 0 Å². The third kappa shape index (κ3) is 74.2. The van der Waals surface area contributed by atoms with Gasteiger partial charge in [0.25, 0.3) is 0 Å². The van der Waals surface area contributed by atoms with E-state index in [1.807, 2.05) is 0 Å². The first-order valence-electron chi connectivity index (χ1n) is 41.7. The van der Waals surface area contributed by atoms with Crippen molar-refractivity contribution in [1.82, 2.24) is 0 Å². The van der Waals surface area contributed by atoms with Crippen LogP contribution in [0.5, 0.6) is 0 Å². The van der Waals surface area contributed by atoms with Crippen molar-refractivity contribution >= 4 is 39.5 Å². The number of ether oxygens (including phenoxy) is 4. The molecule has 0 bridgehead atoms. The van der Waals surface area contributed by atoms with Gasteiger partial charge in [-0.05, 0) is 69.1 Å². The SMILES string of the molecule is CCCCCC/C=C\C=C/CCCCCCCC(=O)OC[C@H](COP(=O)(O)OC[C@@H](O)COP(=O)(O)OC[C@@H](COC(=O)CCCCCCCCC(C)C)OC(=O)CCCCCCCCCCCCCCC(C)C)OC(=O)CCCCCCCCCCCCCCCCCCCCC(C)CC. The summed E-state index contributed by atoms with van der Waals surface area (Å²) in [7, 11) is -9.93. The van der Waals surface area contributed by atoms with Crippen molar-refractivity contribution in [1.29, 1.82) is 0 Å². The van der Waals surface area contributed by atoms with E-state index in [2.05, 4.69) is 72.8 Å². The smallest absolute Gasteiger partial charge is 0.462 e. The topological polar surface area (TPSA) is 237 Å². The molecule has 0 aromatic rings. The van der Waals surface area contributed by atoms with Crippen molar-refractivity contribution in [2.24, 2.45) is 17.8 Å². The maximum Gasteiger partial charge on any atom is 0.472 e. The second-order valence-corrected chi connectivity index (χ2v) is 32.9. The summed E-state index contributed by atoms with van der Waals surface area (Å²) in [6, 6.07) is 0. The Morgan fingerprint density at radius 3 is 0.881 bits per heavy atom. The number of carbonyl (C=O) groups excluding carboxylic acids is 4. The number of carbonyl (C=O) groups is 4. The largest absolute Gasteiger partial charge is 0.472 e. The van der Waals surface area contributed by atoms with Crippen LogP contribution in [0.4, 0.5) is 0 Å². The van der Waals surface area contributed by atoms with E-state index >= 15 is 0 Å². The lowest BCUT2D eigenvalue weighted by Gasteiger charge is -2.21. The number of rotatable bonds is 78. The van der Waals surface area contributed by atoms with E-state index < -0.39 is 97.5 Å². The molecule has 6 atom stereocenters. The number of hydrogen-bond donors (Lipinski definition) is 3. The Balaban J connectivity index is 5.24. The molecule has 0 spiro atoms. The van der Waals surface area contributed by atoms with E-state index in [1.165, 1.54) is 186 Å². The van der Waals surface area contributed by atoms with Gasteiger partial charge in [-0.15, -0.1) is 0 Å². The van der Waals surface area contributed by atoms with Crippen molar-refractivity contribution in [3.63, 3.8) is 0 Å². The molecule has 0 aromatic carbocycles. The zero-order valence-electron chi connectivity index (χ0n) is 65.9. The molecule has 0 aliphatic rings. The molecule has 596 valence electrons. The fourth-order valence-corrected chi connectivity index (χ4v) is 13.7. The molecule has 19 heteroatoms. The summed E-state index contributed by atoms with van der Waals surface area (Å²) in [5.41, 5.74) is 0. The Hall–Kier alpha value is -2.46. The predicted octanol–water partition coefficient (Wildman–Crippen LogP) is 24.1. The highest BCUT2D eigenvalue weighted by Gasteiger charge is 2.30. The molecule has 3 N–H and O–H groups in total. The highest BCUT2D eigenvalue weighted by molar-refractivity contribution is 7.47. The minimum atomic E-state index is -4.97. The summed E-state index contributed by atoms with van der Waals surface area (Å²) < 4.78 is 68.6. The number of aliphatic hydroxyl groups excluding tert-OH is 1. The van der Waals surface area contributed by atoms with E-state index in [9.17, 15) is 43.2 Å². The summed E-state index contributed by atoms with van der Waals surface area (Å²) in [5, 5.41) is 10.6. The number of esters is 4. The molecule has 0 aliphatic heterocycles. The zero-order valence-corrected chi connectivity index (χ0v) is 67.6. The minimum absolute atomic E-state index is 0.101. The van der Waals surface area contributed by atoms with Gasteiger partial charge in [-0.1, -0.05) is 349 Å². The van der Waals surface area contributed by atoms with Crippen molar-refractivity contribution in [3.8, 4) is 0 Å². The summed E-state index contributed by atoms with van der Waals surface area (Å²) in [6.45, 7) is 11.9. The monoisotopic (exact) mass is 1480 g/mol. The van der Waals surface area contributed by atoms with Gasteiger partial charge in [0.2, 0.25) is 0 Å². The summed E-state index contributed by atoms with van der Waals surface area (Å²) >= 11 is 0. The standard InChI is InChI=1S/C82H156O17P2/c1-8-10-11-12-13-14-15-16-21-25-31-36-41-49-56-63-79(84)92-69-77(98-81(86)65-58-51-42-37-32-26-23-20-18-17-19-22-24-30-35-40-48-55-62-75(7)9-2)71-96-100(88,89)94-67-76(83)68-95-101(90,91)97-72-78(70-93-80(85)64-57-50-45-44-47-54-61-74(5)6)99-82(87)66-59-52-43-38-33-28-27-29-34-39-46-53-60-73(3)4/h14-16,21,73-78,83H,8-13,17-20,22-72H2,1-7H3,(H,88,89)(H,90,91)/b15-14-,21-16-/t75?,76-,77-,78-/m1/s1. The van der Waals surface area contributed by atoms with Crippen LogP contribution in [0.2, 0.25) is 0 Å². The Labute approximate surface area is 618 Å². The van der Waals surface area contributed by atoms with Gasteiger partial charge in [0.05, 0.1) is 26.4 Å². The van der Waals surface area contributed by atoms with Crippen molar-refractivity contribution in [2.45, 2.75) is 420 Å². The molecule has 3 unspecified atom stereocenters. The molecule has 0 aromatic heterocycles. The molecule has 0 fully saturated rings. The lowest BCUT2D eigenvalue weighted by molar-refractivity contribution is -0.161. The predicted molar refractivity (Wildman–Crippen MR) is 414 cm³/mol. The average Bonchev–Trinajstić information content (AvgIpc) is 1.03. The van der Waals surface area contributed by atoms with E-state index in [4.69, 9.17) is 37.0 Å². The summed E-state index contributed by atoms with van der Waals surface area (Å²) in [4.78, 5) is 73.0. The molecule has 0 aliphatic carbocycles. The number of aliphatic hydroxyl groups is 1. The third-order valence-corrected chi connectivity index (χ3v) is 20.8. The average molecular weight is 1480 g/mol. The molecule has 0 saturated carbocycles. The van der Waals surface area contributed by atoms with E-state index in [0.717, 1.165) is 127 Å². The highest BCUT2D eigenvalue weighted by Crippen LogP contribution is 2.45. The van der Waals surface area contributed by atoms with Crippen LogP contribution in [0.15, 0.2) is 24.3 Å². The van der Waals surface area contributed by atoms with Gasteiger partial charge in [0.1, 0.15) is 19.3 Å². The van der Waals surface area contributed by atoms with Crippen LogP contribution >= 0.6 is 15.6 Å². The Morgan fingerprint density at radius 1 is 0.327 bits per heavy atom. The van der Waals surface area contributed by atoms with Crippen LogP contribution in [0, 0.1) is 17.8 Å². The first-order valence-corrected chi connectivity index (χ1v) is 44.7. The lowest BCUT2D eigenvalue weighted by atomic mass is 9.99. The summed E-state index contributed by atoms with van der Waals surface area (Å²) in [5.74, 6) is 0.179. The minimum Gasteiger partial charge on any atom is -0.462 e. The second-order valence-electron chi connectivity index (χ2n) is 30.0. The molecule has 0 saturated heterocycles.